The van der Waals surface area contributed by atoms with Gasteiger partial charge in [-0.15, -0.1) is 0 Å². The molecule has 0 bridgehead atoms. The molecule has 1 atom stereocenters. The Bertz CT molecular complexity index is 698. The Morgan fingerprint density at radius 2 is 2.24 bits per heavy atom. The number of fused-ring (bicyclic) bond motifs is 1. The number of amides is 1. The largest absolute Gasteiger partial charge is 0.347 e. The van der Waals surface area contributed by atoms with E-state index in [9.17, 15) is 13.6 Å². The summed E-state index contributed by atoms with van der Waals surface area (Å²) in [7, 11) is 0. The van der Waals surface area contributed by atoms with Gasteiger partial charge >= 0.3 is 0 Å². The number of hydrogen-bond donors (Lipinski definition) is 3. The van der Waals surface area contributed by atoms with Crippen molar-refractivity contribution >= 4 is 11.6 Å². The standard InChI is InChI=1S/C14H14F2N4O/c1-7-2-3-8(15)13(12(7)16)20-14(21)10-4-9-11(5-17-10)19-6-18-9/h2-3,6,10,17H,4-5H2,1H3,(H,18,19)(H,20,21). The maximum atomic E-state index is 13.9. The van der Waals surface area contributed by atoms with Crippen molar-refractivity contribution in [1.29, 1.82) is 0 Å². The Balaban J connectivity index is 1.78. The Kier molecular flexibility index (Phi) is 3.42. The van der Waals surface area contributed by atoms with E-state index in [2.05, 4.69) is 20.6 Å². The van der Waals surface area contributed by atoms with Gasteiger partial charge in [-0.1, -0.05) is 6.07 Å². The first-order chi connectivity index (χ1) is 10.1. The third-order valence-electron chi connectivity index (χ3n) is 3.58. The van der Waals surface area contributed by atoms with Gasteiger partial charge in [0.15, 0.2) is 5.82 Å². The summed E-state index contributed by atoms with van der Waals surface area (Å²) in [5.41, 5.74) is 1.58. The summed E-state index contributed by atoms with van der Waals surface area (Å²) >= 11 is 0. The fourth-order valence-electron chi connectivity index (χ4n) is 2.34. The van der Waals surface area contributed by atoms with Gasteiger partial charge in [0.05, 0.1) is 23.8 Å². The van der Waals surface area contributed by atoms with Crippen LogP contribution in [0.1, 0.15) is 17.0 Å². The average Bonchev–Trinajstić information content (AvgIpc) is 2.94. The maximum absolute atomic E-state index is 13.9. The van der Waals surface area contributed by atoms with E-state index >= 15 is 0 Å². The fraction of sp³-hybridized carbons (Fsp3) is 0.286. The van der Waals surface area contributed by atoms with Crippen LogP contribution in [0.5, 0.6) is 0 Å². The molecule has 1 aromatic heterocycles. The number of H-pyrrole nitrogens is 1. The summed E-state index contributed by atoms with van der Waals surface area (Å²) in [6.45, 7) is 1.98. The number of carbonyl (C=O) groups excluding carboxylic acids is 1. The highest BCUT2D eigenvalue weighted by Gasteiger charge is 2.27. The highest BCUT2D eigenvalue weighted by Crippen LogP contribution is 2.22. The SMILES string of the molecule is Cc1ccc(F)c(NC(=O)C2Cc3nc[nH]c3CN2)c1F. The summed E-state index contributed by atoms with van der Waals surface area (Å²) in [4.78, 5) is 19.3. The topological polar surface area (TPSA) is 69.8 Å². The quantitative estimate of drug-likeness (QED) is 0.788. The zero-order valence-electron chi connectivity index (χ0n) is 11.3. The monoisotopic (exact) mass is 292 g/mol. The van der Waals surface area contributed by atoms with Crippen LogP contribution in [0.4, 0.5) is 14.5 Å². The van der Waals surface area contributed by atoms with Gasteiger partial charge < -0.3 is 10.3 Å². The lowest BCUT2D eigenvalue weighted by molar-refractivity contribution is -0.118. The van der Waals surface area contributed by atoms with E-state index in [1.54, 1.807) is 6.33 Å². The van der Waals surface area contributed by atoms with Crippen molar-refractivity contribution in [2.45, 2.75) is 25.9 Å². The molecule has 2 aromatic rings. The molecule has 5 nitrogen and oxygen atoms in total. The molecule has 110 valence electrons. The molecule has 1 aliphatic rings. The second-order valence-corrected chi connectivity index (χ2v) is 5.01. The van der Waals surface area contributed by atoms with Gasteiger partial charge in [0.1, 0.15) is 11.5 Å². The summed E-state index contributed by atoms with van der Waals surface area (Å²) < 4.78 is 27.5. The van der Waals surface area contributed by atoms with Crippen molar-refractivity contribution in [3.63, 3.8) is 0 Å². The van der Waals surface area contributed by atoms with E-state index < -0.39 is 29.3 Å². The third-order valence-corrected chi connectivity index (χ3v) is 3.58. The van der Waals surface area contributed by atoms with Crippen molar-refractivity contribution in [2.75, 3.05) is 5.32 Å². The molecule has 0 saturated carbocycles. The van der Waals surface area contributed by atoms with E-state index in [4.69, 9.17) is 0 Å². The smallest absolute Gasteiger partial charge is 0.242 e. The first-order valence-corrected chi connectivity index (χ1v) is 6.56. The highest BCUT2D eigenvalue weighted by molar-refractivity contribution is 5.95. The lowest BCUT2D eigenvalue weighted by Crippen LogP contribution is -2.45. The number of nitrogens with zero attached hydrogens (tertiary/aromatic N) is 1. The van der Waals surface area contributed by atoms with Gasteiger partial charge in [-0.2, -0.15) is 0 Å². The van der Waals surface area contributed by atoms with Crippen LogP contribution in [-0.4, -0.2) is 21.9 Å². The summed E-state index contributed by atoms with van der Waals surface area (Å²) in [5, 5.41) is 5.33. The molecule has 0 saturated heterocycles. The predicted molar refractivity (Wildman–Crippen MR) is 72.6 cm³/mol. The minimum absolute atomic E-state index is 0.276. The number of hydrogen-bond acceptors (Lipinski definition) is 3. The molecule has 0 aliphatic carbocycles. The van der Waals surface area contributed by atoms with Crippen LogP contribution in [-0.2, 0) is 17.8 Å². The first-order valence-electron chi connectivity index (χ1n) is 6.56. The summed E-state index contributed by atoms with van der Waals surface area (Å²) in [6.07, 6.45) is 1.94. The van der Waals surface area contributed by atoms with Crippen molar-refractivity contribution < 1.29 is 13.6 Å². The summed E-state index contributed by atoms with van der Waals surface area (Å²) in [5.74, 6) is -2.02. The number of benzene rings is 1. The van der Waals surface area contributed by atoms with E-state index in [0.717, 1.165) is 17.5 Å². The molecule has 7 heteroatoms. The van der Waals surface area contributed by atoms with E-state index in [0.29, 0.717) is 13.0 Å². The minimum atomic E-state index is -0.789. The molecule has 1 aromatic carbocycles. The Hall–Kier alpha value is -2.28. The van der Waals surface area contributed by atoms with E-state index in [1.165, 1.54) is 13.0 Å². The molecular formula is C14H14F2N4O. The molecule has 21 heavy (non-hydrogen) atoms. The molecular weight excluding hydrogens is 278 g/mol. The molecule has 3 rings (SSSR count). The van der Waals surface area contributed by atoms with Crippen LogP contribution < -0.4 is 10.6 Å². The predicted octanol–water partition coefficient (Wildman–Crippen LogP) is 1.65. The van der Waals surface area contributed by atoms with E-state index in [1.807, 2.05) is 0 Å². The van der Waals surface area contributed by atoms with Gasteiger partial charge in [0.25, 0.3) is 0 Å². The van der Waals surface area contributed by atoms with Crippen LogP contribution in [0.25, 0.3) is 0 Å². The molecule has 2 heterocycles. The highest BCUT2D eigenvalue weighted by atomic mass is 19.1. The molecule has 1 aliphatic heterocycles. The van der Waals surface area contributed by atoms with Crippen molar-refractivity contribution in [3.05, 3.63) is 47.0 Å². The van der Waals surface area contributed by atoms with Gasteiger partial charge in [-0.3, -0.25) is 10.1 Å². The van der Waals surface area contributed by atoms with Crippen LogP contribution in [0.2, 0.25) is 0 Å². The van der Waals surface area contributed by atoms with Crippen molar-refractivity contribution in [3.8, 4) is 0 Å². The molecule has 3 N–H and O–H groups in total. The summed E-state index contributed by atoms with van der Waals surface area (Å²) in [6, 6.07) is 1.89. The van der Waals surface area contributed by atoms with Gasteiger partial charge in [0.2, 0.25) is 5.91 Å². The number of carbonyl (C=O) groups is 1. The fourth-order valence-corrected chi connectivity index (χ4v) is 2.34. The Morgan fingerprint density at radius 1 is 1.43 bits per heavy atom. The van der Waals surface area contributed by atoms with Gasteiger partial charge in [-0.05, 0) is 18.6 Å². The zero-order chi connectivity index (χ0) is 15.0. The number of anilines is 1. The van der Waals surface area contributed by atoms with Crippen LogP contribution in [0, 0.1) is 18.6 Å². The number of aromatic nitrogens is 2. The molecule has 1 amide bonds. The Labute approximate surface area is 119 Å². The zero-order valence-corrected chi connectivity index (χ0v) is 11.3. The second-order valence-electron chi connectivity index (χ2n) is 5.01. The normalized spacial score (nSPS) is 17.4. The number of imidazole rings is 1. The number of rotatable bonds is 2. The average molecular weight is 292 g/mol. The van der Waals surface area contributed by atoms with Gasteiger partial charge in [0, 0.05) is 13.0 Å². The first kappa shape index (κ1) is 13.7. The van der Waals surface area contributed by atoms with Crippen LogP contribution >= 0.6 is 0 Å². The van der Waals surface area contributed by atoms with E-state index in [-0.39, 0.29) is 5.56 Å². The van der Waals surface area contributed by atoms with Crippen LogP contribution in [0.3, 0.4) is 0 Å². The van der Waals surface area contributed by atoms with Crippen LogP contribution in [0.15, 0.2) is 18.5 Å². The maximum Gasteiger partial charge on any atom is 0.242 e. The second kappa shape index (κ2) is 5.25. The number of aryl methyl sites for hydroxylation is 1. The molecule has 0 radical (unpaired) electrons. The third kappa shape index (κ3) is 2.52. The van der Waals surface area contributed by atoms with Crippen molar-refractivity contribution in [1.82, 2.24) is 15.3 Å². The Morgan fingerprint density at radius 3 is 3.05 bits per heavy atom. The minimum Gasteiger partial charge on any atom is -0.347 e. The molecule has 0 fully saturated rings. The molecule has 1 unspecified atom stereocenters. The number of aromatic amines is 1. The lowest BCUT2D eigenvalue weighted by Gasteiger charge is -2.22. The molecule has 0 spiro atoms. The number of halogens is 2. The lowest BCUT2D eigenvalue weighted by atomic mass is 10.0. The number of nitrogens with one attached hydrogen (secondary N) is 3. The van der Waals surface area contributed by atoms with Crippen molar-refractivity contribution in [2.24, 2.45) is 0 Å². The van der Waals surface area contributed by atoms with Gasteiger partial charge in [-0.25, -0.2) is 13.8 Å².